The Labute approximate surface area is 168 Å². The first-order chi connectivity index (χ1) is 13.7. The first-order valence-corrected chi connectivity index (χ1v) is 9.01. The van der Waals surface area contributed by atoms with Gasteiger partial charge in [0.15, 0.2) is 0 Å². The lowest BCUT2D eigenvalue weighted by Crippen LogP contribution is -2.24. The maximum Gasteiger partial charge on any atom is 0.493 e. The van der Waals surface area contributed by atoms with Crippen LogP contribution in [0.1, 0.15) is 17.3 Å². The molecule has 0 bridgehead atoms. The molecule has 2 aromatic rings. The Morgan fingerprint density at radius 2 is 1.59 bits per heavy atom. The van der Waals surface area contributed by atoms with Crippen molar-refractivity contribution in [3.8, 4) is 5.75 Å². The average molecular weight is 427 g/mol. The Morgan fingerprint density at radius 3 is 2.10 bits per heavy atom. The van der Waals surface area contributed by atoms with Gasteiger partial charge in [0.2, 0.25) is 5.78 Å². The number of aliphatic hydroxyl groups excluding tert-OH is 1. The van der Waals surface area contributed by atoms with Crippen LogP contribution in [-0.4, -0.2) is 42.0 Å². The highest BCUT2D eigenvalue weighted by molar-refractivity contribution is 7.99. The number of ether oxygens (including phenoxy) is 1. The number of Topliss-reactive ketones (excluding diaryl/α,β-unsaturated/α-hetero) is 1. The number of nitrogens with zero attached hydrogens (tertiary/aromatic N) is 1. The summed E-state index contributed by atoms with van der Waals surface area (Å²) in [6.07, 6.45) is -5.19. The van der Waals surface area contributed by atoms with E-state index in [9.17, 15) is 22.8 Å². The number of rotatable bonds is 8. The molecule has 6 nitrogen and oxygen atoms in total. The molecule has 0 aliphatic rings. The van der Waals surface area contributed by atoms with Gasteiger partial charge in [-0.2, -0.15) is 13.2 Å². The van der Waals surface area contributed by atoms with Crippen LogP contribution in [0.3, 0.4) is 0 Å². The van der Waals surface area contributed by atoms with E-state index in [1.165, 1.54) is 23.9 Å². The second-order valence-electron chi connectivity index (χ2n) is 5.55. The maximum atomic E-state index is 12.2. The second kappa shape index (κ2) is 10.1. The topological polar surface area (TPSA) is 85.2 Å². The summed E-state index contributed by atoms with van der Waals surface area (Å²) in [5.41, 5.74) is -0.201. The number of ketones is 1. The fourth-order valence-corrected chi connectivity index (χ4v) is 2.81. The van der Waals surface area contributed by atoms with E-state index >= 15 is 0 Å². The molecular weight excluding hydrogens is 411 g/mol. The van der Waals surface area contributed by atoms with E-state index in [0.717, 1.165) is 16.7 Å². The Morgan fingerprint density at radius 1 is 1.03 bits per heavy atom. The van der Waals surface area contributed by atoms with Gasteiger partial charge in [0.05, 0.1) is 6.61 Å². The summed E-state index contributed by atoms with van der Waals surface area (Å²) >= 11 is 1.43. The fourth-order valence-electron chi connectivity index (χ4n) is 1.99. The van der Waals surface area contributed by atoms with E-state index in [1.54, 1.807) is 24.3 Å². The quantitative estimate of drug-likeness (QED) is 0.298. The fraction of sp³-hybridized carbons (Fsp3) is 0.211. The summed E-state index contributed by atoms with van der Waals surface area (Å²) in [6.45, 7) is 1.28. The monoisotopic (exact) mass is 427 g/mol. The van der Waals surface area contributed by atoms with Crippen molar-refractivity contribution >= 4 is 29.2 Å². The average Bonchev–Trinajstić information content (AvgIpc) is 2.70. The predicted octanol–water partition coefficient (Wildman–Crippen LogP) is 3.87. The van der Waals surface area contributed by atoms with Crippen molar-refractivity contribution in [1.29, 1.82) is 0 Å². The molecule has 0 atom stereocenters. The number of aliphatic hydroxyl groups is 1. The van der Waals surface area contributed by atoms with Gasteiger partial charge in [0, 0.05) is 15.4 Å². The molecule has 2 aromatic carbocycles. The molecule has 2 rings (SSSR count). The molecule has 0 unspecified atom stereocenters. The minimum absolute atomic E-state index is 0.0729. The van der Waals surface area contributed by atoms with Crippen LogP contribution in [0.25, 0.3) is 0 Å². The van der Waals surface area contributed by atoms with Crippen LogP contribution < -0.4 is 4.74 Å². The number of hydrogen-bond donors (Lipinski definition) is 1. The molecule has 0 amide bonds. The standard InChI is InChI=1S/C19H16F3NO5S/c1-12(23-28-18(26)19(20,21)22)17(25)13-2-6-15(7-3-13)29-16-8-4-14(5-9-16)27-11-10-24/h2-9,24H,10-11H2,1H3/b23-12+. The van der Waals surface area contributed by atoms with Crippen LogP contribution in [0.2, 0.25) is 0 Å². The Balaban J connectivity index is 1.98. The van der Waals surface area contributed by atoms with Gasteiger partial charge in [-0.3, -0.25) is 4.79 Å². The first kappa shape index (κ1) is 22.4. The molecule has 0 heterocycles. The van der Waals surface area contributed by atoms with E-state index in [2.05, 4.69) is 9.99 Å². The van der Waals surface area contributed by atoms with Crippen LogP contribution in [0.4, 0.5) is 13.2 Å². The third kappa shape index (κ3) is 6.91. The van der Waals surface area contributed by atoms with Crippen molar-refractivity contribution in [3.05, 3.63) is 54.1 Å². The molecule has 154 valence electrons. The minimum atomic E-state index is -5.19. The number of hydrogen-bond acceptors (Lipinski definition) is 7. The van der Waals surface area contributed by atoms with Crippen LogP contribution >= 0.6 is 11.8 Å². The SMILES string of the molecule is C/C(=N\OC(=O)C(F)(F)F)C(=O)c1ccc(Sc2ccc(OCCO)cc2)cc1. The first-order valence-electron chi connectivity index (χ1n) is 8.20. The molecule has 0 aromatic heterocycles. The largest absolute Gasteiger partial charge is 0.493 e. The molecule has 0 aliphatic heterocycles. The zero-order valence-electron chi connectivity index (χ0n) is 15.1. The van der Waals surface area contributed by atoms with E-state index < -0.39 is 17.9 Å². The normalized spacial score (nSPS) is 11.8. The Bertz CT molecular complexity index is 880. The van der Waals surface area contributed by atoms with Crippen LogP contribution in [0.5, 0.6) is 5.75 Å². The van der Waals surface area contributed by atoms with Crippen LogP contribution in [0, 0.1) is 0 Å². The van der Waals surface area contributed by atoms with Gasteiger partial charge in [-0.25, -0.2) is 4.79 Å². The lowest BCUT2D eigenvalue weighted by Gasteiger charge is -2.06. The molecular formula is C19H16F3NO5S. The molecule has 0 aliphatic carbocycles. The molecule has 29 heavy (non-hydrogen) atoms. The van der Waals surface area contributed by atoms with Crippen molar-refractivity contribution in [2.45, 2.75) is 22.9 Å². The predicted molar refractivity (Wildman–Crippen MR) is 99.2 cm³/mol. The van der Waals surface area contributed by atoms with Crippen molar-refractivity contribution in [2.75, 3.05) is 13.2 Å². The Hall–Kier alpha value is -2.85. The van der Waals surface area contributed by atoms with Gasteiger partial charge in [-0.15, -0.1) is 0 Å². The minimum Gasteiger partial charge on any atom is -0.491 e. The molecule has 1 N–H and O–H groups in total. The van der Waals surface area contributed by atoms with E-state index in [0.29, 0.717) is 5.75 Å². The summed E-state index contributed by atoms with van der Waals surface area (Å²) in [4.78, 5) is 28.3. The van der Waals surface area contributed by atoms with Crippen molar-refractivity contribution in [1.82, 2.24) is 0 Å². The van der Waals surface area contributed by atoms with Gasteiger partial charge < -0.3 is 14.7 Å². The third-order valence-electron chi connectivity index (χ3n) is 3.36. The summed E-state index contributed by atoms with van der Waals surface area (Å²) in [5.74, 6) is -2.53. The number of carbonyl (C=O) groups excluding carboxylic acids is 2. The highest BCUT2D eigenvalue weighted by Gasteiger charge is 2.41. The third-order valence-corrected chi connectivity index (χ3v) is 4.38. The number of benzene rings is 2. The summed E-state index contributed by atoms with van der Waals surface area (Å²) in [6, 6.07) is 13.5. The molecule has 10 heteroatoms. The van der Waals surface area contributed by atoms with Crippen molar-refractivity contribution in [3.63, 3.8) is 0 Å². The zero-order chi connectivity index (χ0) is 21.4. The van der Waals surface area contributed by atoms with Gasteiger partial charge in [-0.1, -0.05) is 16.9 Å². The summed E-state index contributed by atoms with van der Waals surface area (Å²) in [7, 11) is 0. The van der Waals surface area contributed by atoms with Crippen LogP contribution in [-0.2, 0) is 9.63 Å². The Kier molecular flexibility index (Phi) is 7.80. The second-order valence-corrected chi connectivity index (χ2v) is 6.70. The van der Waals surface area contributed by atoms with Gasteiger partial charge >= 0.3 is 12.1 Å². The van der Waals surface area contributed by atoms with Gasteiger partial charge in [-0.05, 0) is 55.5 Å². The lowest BCUT2D eigenvalue weighted by molar-refractivity contribution is -0.199. The summed E-state index contributed by atoms with van der Waals surface area (Å²) in [5, 5.41) is 11.7. The zero-order valence-corrected chi connectivity index (χ0v) is 15.9. The van der Waals surface area contributed by atoms with Crippen molar-refractivity contribution < 1.29 is 37.4 Å². The molecule has 0 spiro atoms. The van der Waals surface area contributed by atoms with E-state index in [1.807, 2.05) is 12.1 Å². The smallest absolute Gasteiger partial charge is 0.491 e. The molecule has 0 fully saturated rings. The number of carbonyl (C=O) groups is 2. The van der Waals surface area contributed by atoms with Crippen LogP contribution in [0.15, 0.2) is 63.5 Å². The van der Waals surface area contributed by atoms with Gasteiger partial charge in [0.1, 0.15) is 18.1 Å². The van der Waals surface area contributed by atoms with E-state index in [-0.39, 0.29) is 24.5 Å². The number of alkyl halides is 3. The number of halogens is 3. The molecule has 0 saturated heterocycles. The highest BCUT2D eigenvalue weighted by atomic mass is 32.2. The van der Waals surface area contributed by atoms with E-state index in [4.69, 9.17) is 9.84 Å². The van der Waals surface area contributed by atoms with Crippen molar-refractivity contribution in [2.24, 2.45) is 5.16 Å². The lowest BCUT2D eigenvalue weighted by atomic mass is 10.1. The summed E-state index contributed by atoms with van der Waals surface area (Å²) < 4.78 is 41.5. The highest BCUT2D eigenvalue weighted by Crippen LogP contribution is 2.29. The molecule has 0 radical (unpaired) electrons. The molecule has 0 saturated carbocycles. The number of oxime groups is 1. The van der Waals surface area contributed by atoms with Gasteiger partial charge in [0.25, 0.3) is 0 Å². The maximum absolute atomic E-state index is 12.2.